The van der Waals surface area contributed by atoms with E-state index in [-0.39, 0.29) is 19.2 Å². The van der Waals surface area contributed by atoms with Crippen LogP contribution in [0.15, 0.2) is 59.8 Å². The molecule has 0 saturated carbocycles. The van der Waals surface area contributed by atoms with Crippen LogP contribution in [0, 0.1) is 3.57 Å². The van der Waals surface area contributed by atoms with E-state index in [9.17, 15) is 9.59 Å². The molecule has 1 aliphatic rings. The third-order valence-corrected chi connectivity index (χ3v) is 5.13. The molecule has 2 aromatic carbocycles. The number of halogens is 1. The summed E-state index contributed by atoms with van der Waals surface area (Å²) in [6.45, 7) is 2.26. The van der Waals surface area contributed by atoms with E-state index in [0.29, 0.717) is 17.0 Å². The number of hydrogen-bond acceptors (Lipinski definition) is 5. The summed E-state index contributed by atoms with van der Waals surface area (Å²) < 4.78 is 11.6. The fourth-order valence-electron chi connectivity index (χ4n) is 3.01. The van der Waals surface area contributed by atoms with Crippen molar-refractivity contribution in [3.63, 3.8) is 0 Å². The smallest absolute Gasteiger partial charge is 0.338 e. The Morgan fingerprint density at radius 2 is 1.83 bits per heavy atom. The normalized spacial score (nSPS) is 16.0. The lowest BCUT2D eigenvalue weighted by atomic mass is 9.95. The molecule has 1 atom stereocenters. The van der Waals surface area contributed by atoms with Crippen LogP contribution in [0.25, 0.3) is 0 Å². The largest absolute Gasteiger partial charge is 0.497 e. The molecule has 0 bridgehead atoms. The number of ether oxygens (including phenoxy) is 2. The Labute approximate surface area is 183 Å². The topological polar surface area (TPSA) is 88.7 Å². The van der Waals surface area contributed by atoms with Crippen LogP contribution in [-0.2, 0) is 9.53 Å². The van der Waals surface area contributed by atoms with E-state index in [0.717, 1.165) is 14.8 Å². The maximum atomic E-state index is 12.8. The van der Waals surface area contributed by atoms with Crippen LogP contribution in [0.5, 0.6) is 5.75 Å². The van der Waals surface area contributed by atoms with Crippen molar-refractivity contribution in [2.75, 3.05) is 25.6 Å². The molecule has 3 N–H and O–H groups in total. The van der Waals surface area contributed by atoms with E-state index < -0.39 is 12.0 Å². The molecule has 152 valence electrons. The molecule has 29 heavy (non-hydrogen) atoms. The number of amides is 2. The molecule has 0 fully saturated rings. The lowest BCUT2D eigenvalue weighted by Crippen LogP contribution is -2.47. The van der Waals surface area contributed by atoms with E-state index in [2.05, 4.69) is 38.5 Å². The van der Waals surface area contributed by atoms with E-state index in [1.807, 2.05) is 36.4 Å². The Balaban J connectivity index is 1.94. The lowest BCUT2D eigenvalue weighted by molar-refractivity contribution is -0.139. The van der Waals surface area contributed by atoms with Gasteiger partial charge in [0.1, 0.15) is 5.75 Å². The Bertz CT molecular complexity index is 911. The molecule has 0 saturated heterocycles. The van der Waals surface area contributed by atoms with Gasteiger partial charge in [0.2, 0.25) is 0 Å². The quantitative estimate of drug-likeness (QED) is 0.394. The molecular weight excluding hydrogens is 485 g/mol. The summed E-state index contributed by atoms with van der Waals surface area (Å²) in [6.07, 6.45) is 0. The molecule has 0 radical (unpaired) electrons. The number of anilines is 1. The Morgan fingerprint density at radius 3 is 2.45 bits per heavy atom. The predicted molar refractivity (Wildman–Crippen MR) is 119 cm³/mol. The van der Waals surface area contributed by atoms with Gasteiger partial charge in [0.25, 0.3) is 0 Å². The van der Waals surface area contributed by atoms with Gasteiger partial charge in [0.05, 0.1) is 37.6 Å². The summed E-state index contributed by atoms with van der Waals surface area (Å²) in [5.74, 6) is 0.219. The van der Waals surface area contributed by atoms with Crippen molar-refractivity contribution < 1.29 is 19.1 Å². The average molecular weight is 507 g/mol. The van der Waals surface area contributed by atoms with Crippen LogP contribution in [0.4, 0.5) is 10.5 Å². The average Bonchev–Trinajstić information content (AvgIpc) is 2.73. The summed E-state index contributed by atoms with van der Waals surface area (Å²) in [5.41, 5.74) is 2.49. The maximum Gasteiger partial charge on any atom is 0.338 e. The van der Waals surface area contributed by atoms with Crippen molar-refractivity contribution in [3.05, 3.63) is 68.9 Å². The first kappa shape index (κ1) is 21.0. The zero-order chi connectivity index (χ0) is 20.8. The minimum atomic E-state index is -0.623. The first-order valence-corrected chi connectivity index (χ1v) is 10.2. The highest BCUT2D eigenvalue weighted by Crippen LogP contribution is 2.29. The Morgan fingerprint density at radius 1 is 1.14 bits per heavy atom. The second-order valence-electron chi connectivity index (χ2n) is 6.28. The molecule has 2 aromatic rings. The number of benzene rings is 2. The number of nitrogens with one attached hydrogen (secondary N) is 3. The highest BCUT2D eigenvalue weighted by atomic mass is 127. The molecule has 0 aliphatic carbocycles. The van der Waals surface area contributed by atoms with Crippen molar-refractivity contribution in [1.29, 1.82) is 0 Å². The van der Waals surface area contributed by atoms with Crippen molar-refractivity contribution in [2.45, 2.75) is 13.0 Å². The number of methoxy groups -OCH3 is 1. The molecule has 1 aliphatic heterocycles. The molecule has 2 amide bonds. The van der Waals surface area contributed by atoms with Crippen LogP contribution >= 0.6 is 22.6 Å². The zero-order valence-corrected chi connectivity index (χ0v) is 18.3. The summed E-state index contributed by atoms with van der Waals surface area (Å²) in [5, 5.41) is 8.81. The predicted octanol–water partition coefficient (Wildman–Crippen LogP) is 3.58. The second kappa shape index (κ2) is 9.64. The fourth-order valence-corrected chi connectivity index (χ4v) is 3.37. The number of hydrogen-bond donors (Lipinski definition) is 3. The third-order valence-electron chi connectivity index (χ3n) is 4.41. The van der Waals surface area contributed by atoms with Gasteiger partial charge in [-0.25, -0.2) is 9.59 Å². The maximum absolute atomic E-state index is 12.8. The van der Waals surface area contributed by atoms with Crippen molar-refractivity contribution in [2.24, 2.45) is 0 Å². The van der Waals surface area contributed by atoms with Gasteiger partial charge in [-0.1, -0.05) is 12.1 Å². The summed E-state index contributed by atoms with van der Waals surface area (Å²) in [7, 11) is 1.58. The van der Waals surface area contributed by atoms with Gasteiger partial charge in [-0.3, -0.25) is 0 Å². The Hall–Kier alpha value is -2.75. The van der Waals surface area contributed by atoms with Gasteiger partial charge >= 0.3 is 12.0 Å². The lowest BCUT2D eigenvalue weighted by Gasteiger charge is -2.29. The van der Waals surface area contributed by atoms with E-state index in [1.165, 1.54) is 0 Å². The van der Waals surface area contributed by atoms with Gasteiger partial charge < -0.3 is 25.4 Å². The van der Waals surface area contributed by atoms with Crippen LogP contribution in [0.3, 0.4) is 0 Å². The van der Waals surface area contributed by atoms with E-state index >= 15 is 0 Å². The molecule has 8 heteroatoms. The van der Waals surface area contributed by atoms with E-state index in [1.54, 1.807) is 26.2 Å². The van der Waals surface area contributed by atoms with Gasteiger partial charge in [0, 0.05) is 9.26 Å². The Kier molecular flexibility index (Phi) is 6.97. The molecular formula is C21H22IN3O4. The molecule has 0 spiro atoms. The second-order valence-corrected chi connectivity index (χ2v) is 7.52. The van der Waals surface area contributed by atoms with Crippen LogP contribution in [0.2, 0.25) is 0 Å². The van der Waals surface area contributed by atoms with Crippen LogP contribution < -0.4 is 20.7 Å². The first-order valence-electron chi connectivity index (χ1n) is 9.13. The minimum absolute atomic E-state index is 0.240. The number of carbonyl (C=O) groups excluding carboxylic acids is 2. The zero-order valence-electron chi connectivity index (χ0n) is 16.1. The fraction of sp³-hybridized carbons (Fsp3) is 0.238. The van der Waals surface area contributed by atoms with Crippen molar-refractivity contribution in [3.8, 4) is 5.75 Å². The van der Waals surface area contributed by atoms with Crippen molar-refractivity contribution in [1.82, 2.24) is 10.6 Å². The standard InChI is InChI=1S/C21H22IN3O4/c1-3-29-20(26)18-17(12-23-15-8-6-14(22)7-9-15)24-21(27)25-19(18)13-4-10-16(28-2)11-5-13/h4-11,19,23H,3,12H2,1-2H3,(H2,24,25,27)/t19-/m1/s1. The van der Waals surface area contributed by atoms with E-state index in [4.69, 9.17) is 9.47 Å². The summed E-state index contributed by atoms with van der Waals surface area (Å²) >= 11 is 2.23. The molecule has 0 unspecified atom stereocenters. The first-order chi connectivity index (χ1) is 14.0. The van der Waals surface area contributed by atoms with Crippen LogP contribution in [0.1, 0.15) is 18.5 Å². The highest BCUT2D eigenvalue weighted by Gasteiger charge is 2.33. The molecule has 1 heterocycles. The van der Waals surface area contributed by atoms with Crippen LogP contribution in [-0.4, -0.2) is 32.3 Å². The van der Waals surface area contributed by atoms with Gasteiger partial charge in [-0.15, -0.1) is 0 Å². The van der Waals surface area contributed by atoms with Gasteiger partial charge in [-0.05, 0) is 71.5 Å². The van der Waals surface area contributed by atoms with Gasteiger partial charge in [0.15, 0.2) is 0 Å². The minimum Gasteiger partial charge on any atom is -0.497 e. The van der Waals surface area contributed by atoms with Gasteiger partial charge in [-0.2, -0.15) is 0 Å². The third kappa shape index (κ3) is 5.20. The SMILES string of the molecule is CCOC(=O)C1=C(CNc2ccc(I)cc2)NC(=O)N[C@@H]1c1ccc(OC)cc1. The summed E-state index contributed by atoms with van der Waals surface area (Å²) in [6, 6.07) is 14.0. The summed E-state index contributed by atoms with van der Waals surface area (Å²) in [4.78, 5) is 25.1. The number of urea groups is 1. The monoisotopic (exact) mass is 507 g/mol. The highest BCUT2D eigenvalue weighted by molar-refractivity contribution is 14.1. The number of carbonyl (C=O) groups is 2. The molecule has 0 aromatic heterocycles. The molecule has 3 rings (SSSR count). The van der Waals surface area contributed by atoms with Crippen molar-refractivity contribution >= 4 is 40.3 Å². The molecule has 7 nitrogen and oxygen atoms in total. The number of esters is 1. The number of rotatable bonds is 7.